The third-order valence-electron chi connectivity index (χ3n) is 2.98. The van der Waals surface area contributed by atoms with Crippen LogP contribution in [-0.4, -0.2) is 6.10 Å². The van der Waals surface area contributed by atoms with E-state index >= 15 is 0 Å². The molecule has 0 aromatic heterocycles. The molecular formula is C17H21NO. The SMILES string of the molecule is CC(C)Oc1ccc(C(N)Cc2ccccc2)cc1. The molecule has 0 heterocycles. The Balaban J connectivity index is 2.01. The Hall–Kier alpha value is -1.80. The Morgan fingerprint density at radius 1 is 0.947 bits per heavy atom. The standard InChI is InChI=1S/C17H21NO/c1-13(2)19-16-10-8-15(9-11-16)17(18)12-14-6-4-3-5-7-14/h3-11,13,17H,12,18H2,1-2H3. The van der Waals surface area contributed by atoms with Gasteiger partial charge in [-0.2, -0.15) is 0 Å². The molecule has 0 fully saturated rings. The molecule has 0 aliphatic rings. The number of ether oxygens (including phenoxy) is 1. The molecule has 2 aromatic rings. The van der Waals surface area contributed by atoms with Crippen molar-refractivity contribution >= 4 is 0 Å². The zero-order valence-electron chi connectivity index (χ0n) is 11.5. The number of benzene rings is 2. The minimum absolute atomic E-state index is 0.0236. The minimum atomic E-state index is 0.0236. The van der Waals surface area contributed by atoms with Gasteiger partial charge in [-0.15, -0.1) is 0 Å². The minimum Gasteiger partial charge on any atom is -0.491 e. The van der Waals surface area contributed by atoms with E-state index in [0.29, 0.717) is 0 Å². The Bertz CT molecular complexity index is 490. The number of nitrogens with two attached hydrogens (primary N) is 1. The third kappa shape index (κ3) is 4.11. The first-order valence-corrected chi connectivity index (χ1v) is 6.71. The van der Waals surface area contributed by atoms with E-state index in [4.69, 9.17) is 10.5 Å². The highest BCUT2D eigenvalue weighted by Gasteiger charge is 2.07. The molecular weight excluding hydrogens is 234 g/mol. The third-order valence-corrected chi connectivity index (χ3v) is 2.98. The van der Waals surface area contributed by atoms with Gasteiger partial charge in [0.15, 0.2) is 0 Å². The average molecular weight is 255 g/mol. The van der Waals surface area contributed by atoms with Crippen LogP contribution in [-0.2, 0) is 6.42 Å². The van der Waals surface area contributed by atoms with Crippen LogP contribution in [0.4, 0.5) is 0 Å². The van der Waals surface area contributed by atoms with Crippen molar-refractivity contribution < 1.29 is 4.74 Å². The van der Waals surface area contributed by atoms with Crippen LogP contribution in [0.5, 0.6) is 5.75 Å². The topological polar surface area (TPSA) is 35.2 Å². The van der Waals surface area contributed by atoms with Gasteiger partial charge in [-0.05, 0) is 43.5 Å². The second-order valence-corrected chi connectivity index (χ2v) is 5.03. The Morgan fingerprint density at radius 2 is 1.58 bits per heavy atom. The van der Waals surface area contributed by atoms with Crippen molar-refractivity contribution in [2.24, 2.45) is 5.73 Å². The second kappa shape index (κ2) is 6.39. The lowest BCUT2D eigenvalue weighted by atomic mass is 10.00. The molecule has 1 atom stereocenters. The molecule has 2 rings (SSSR count). The van der Waals surface area contributed by atoms with Crippen molar-refractivity contribution in [3.8, 4) is 5.75 Å². The summed E-state index contributed by atoms with van der Waals surface area (Å²) < 4.78 is 5.63. The fourth-order valence-electron chi connectivity index (χ4n) is 2.05. The summed E-state index contributed by atoms with van der Waals surface area (Å²) >= 11 is 0. The molecule has 19 heavy (non-hydrogen) atoms. The Morgan fingerprint density at radius 3 is 2.16 bits per heavy atom. The van der Waals surface area contributed by atoms with Gasteiger partial charge in [-0.3, -0.25) is 0 Å². The molecule has 0 bridgehead atoms. The van der Waals surface area contributed by atoms with Gasteiger partial charge in [-0.25, -0.2) is 0 Å². The maximum Gasteiger partial charge on any atom is 0.119 e. The first-order valence-electron chi connectivity index (χ1n) is 6.71. The lowest BCUT2D eigenvalue weighted by Crippen LogP contribution is -2.13. The molecule has 0 aliphatic carbocycles. The smallest absolute Gasteiger partial charge is 0.119 e. The first kappa shape index (κ1) is 13.6. The molecule has 2 heteroatoms. The molecule has 0 saturated heterocycles. The molecule has 0 amide bonds. The van der Waals surface area contributed by atoms with Gasteiger partial charge in [0.25, 0.3) is 0 Å². The predicted molar refractivity (Wildman–Crippen MR) is 79.3 cm³/mol. The van der Waals surface area contributed by atoms with E-state index in [9.17, 15) is 0 Å². The van der Waals surface area contributed by atoms with Crippen LogP contribution in [0.3, 0.4) is 0 Å². The number of hydrogen-bond donors (Lipinski definition) is 1. The van der Waals surface area contributed by atoms with E-state index < -0.39 is 0 Å². The normalized spacial score (nSPS) is 12.4. The second-order valence-electron chi connectivity index (χ2n) is 5.03. The van der Waals surface area contributed by atoms with Crippen LogP contribution in [0.2, 0.25) is 0 Å². The van der Waals surface area contributed by atoms with E-state index in [1.165, 1.54) is 5.56 Å². The van der Waals surface area contributed by atoms with E-state index in [-0.39, 0.29) is 12.1 Å². The summed E-state index contributed by atoms with van der Waals surface area (Å²) in [6.07, 6.45) is 1.05. The Labute approximate surface area is 115 Å². The van der Waals surface area contributed by atoms with E-state index in [1.807, 2.05) is 56.3 Å². The summed E-state index contributed by atoms with van der Waals surface area (Å²) in [6.45, 7) is 4.05. The maximum atomic E-state index is 6.24. The average Bonchev–Trinajstić information content (AvgIpc) is 2.40. The van der Waals surface area contributed by atoms with Crippen molar-refractivity contribution in [2.45, 2.75) is 32.4 Å². The molecule has 0 radical (unpaired) electrons. The van der Waals surface area contributed by atoms with Crippen molar-refractivity contribution in [3.05, 3.63) is 65.7 Å². The largest absolute Gasteiger partial charge is 0.491 e. The molecule has 2 nitrogen and oxygen atoms in total. The Kier molecular flexibility index (Phi) is 4.58. The molecule has 1 unspecified atom stereocenters. The zero-order chi connectivity index (χ0) is 13.7. The predicted octanol–water partition coefficient (Wildman–Crippen LogP) is 3.72. The summed E-state index contributed by atoms with van der Waals surface area (Å²) in [5, 5.41) is 0. The van der Waals surface area contributed by atoms with Crippen LogP contribution in [0, 0.1) is 0 Å². The highest BCUT2D eigenvalue weighted by atomic mass is 16.5. The molecule has 0 aliphatic heterocycles. The first-order chi connectivity index (χ1) is 9.15. The summed E-state index contributed by atoms with van der Waals surface area (Å²) in [7, 11) is 0. The quantitative estimate of drug-likeness (QED) is 0.883. The van der Waals surface area contributed by atoms with Crippen LogP contribution in [0.25, 0.3) is 0 Å². The van der Waals surface area contributed by atoms with E-state index in [2.05, 4.69) is 12.1 Å². The summed E-state index contributed by atoms with van der Waals surface area (Å²) in [5.74, 6) is 0.894. The van der Waals surface area contributed by atoms with E-state index in [1.54, 1.807) is 0 Å². The highest BCUT2D eigenvalue weighted by molar-refractivity contribution is 5.30. The van der Waals surface area contributed by atoms with Gasteiger partial charge in [0, 0.05) is 6.04 Å². The lowest BCUT2D eigenvalue weighted by molar-refractivity contribution is 0.242. The van der Waals surface area contributed by atoms with Crippen molar-refractivity contribution in [1.29, 1.82) is 0 Å². The van der Waals surface area contributed by atoms with Gasteiger partial charge >= 0.3 is 0 Å². The summed E-state index contributed by atoms with van der Waals surface area (Å²) in [4.78, 5) is 0. The van der Waals surface area contributed by atoms with Crippen LogP contribution >= 0.6 is 0 Å². The highest BCUT2D eigenvalue weighted by Crippen LogP contribution is 2.20. The van der Waals surface area contributed by atoms with Crippen molar-refractivity contribution in [2.75, 3.05) is 0 Å². The molecule has 2 aromatic carbocycles. The lowest BCUT2D eigenvalue weighted by Gasteiger charge is -2.14. The zero-order valence-corrected chi connectivity index (χ0v) is 11.5. The number of hydrogen-bond acceptors (Lipinski definition) is 2. The van der Waals surface area contributed by atoms with Crippen LogP contribution in [0.15, 0.2) is 54.6 Å². The number of rotatable bonds is 5. The molecule has 0 spiro atoms. The fourth-order valence-corrected chi connectivity index (χ4v) is 2.05. The van der Waals surface area contributed by atoms with Gasteiger partial charge in [0.1, 0.15) is 5.75 Å². The van der Waals surface area contributed by atoms with Crippen molar-refractivity contribution in [1.82, 2.24) is 0 Å². The monoisotopic (exact) mass is 255 g/mol. The van der Waals surface area contributed by atoms with Gasteiger partial charge < -0.3 is 10.5 Å². The van der Waals surface area contributed by atoms with E-state index in [0.717, 1.165) is 17.7 Å². The molecule has 2 N–H and O–H groups in total. The van der Waals surface area contributed by atoms with Gasteiger partial charge in [0.2, 0.25) is 0 Å². The van der Waals surface area contributed by atoms with Gasteiger partial charge in [-0.1, -0.05) is 42.5 Å². The van der Waals surface area contributed by atoms with Gasteiger partial charge in [0.05, 0.1) is 6.10 Å². The van der Waals surface area contributed by atoms with Crippen LogP contribution in [0.1, 0.15) is 31.0 Å². The fraction of sp³-hybridized carbons (Fsp3) is 0.294. The molecule has 100 valence electrons. The van der Waals surface area contributed by atoms with Crippen LogP contribution < -0.4 is 10.5 Å². The van der Waals surface area contributed by atoms with Crippen molar-refractivity contribution in [3.63, 3.8) is 0 Å². The summed E-state index contributed by atoms with van der Waals surface area (Å²) in [6, 6.07) is 18.4. The summed E-state index contributed by atoms with van der Waals surface area (Å²) in [5.41, 5.74) is 8.64. The maximum absolute atomic E-state index is 6.24. The molecule has 0 saturated carbocycles.